The van der Waals surface area contributed by atoms with Crippen LogP contribution in [-0.2, 0) is 0 Å². The minimum absolute atomic E-state index is 0.00278. The van der Waals surface area contributed by atoms with Crippen LogP contribution in [0.2, 0.25) is 0 Å². The molecule has 0 aliphatic heterocycles. The van der Waals surface area contributed by atoms with E-state index in [1.54, 1.807) is 13.0 Å². The van der Waals surface area contributed by atoms with Gasteiger partial charge in [0.15, 0.2) is 0 Å². The molecule has 10 nitrogen and oxygen atoms in total. The molecule has 1 heterocycles. The molecule has 0 fully saturated rings. The number of rotatable bonds is 5. The molecule has 3 aromatic rings. The van der Waals surface area contributed by atoms with E-state index in [1.807, 2.05) is 25.1 Å². The fourth-order valence-corrected chi connectivity index (χ4v) is 2.66. The highest BCUT2D eigenvalue weighted by atomic mass is 16.6. The first-order chi connectivity index (χ1) is 13.3. The summed E-state index contributed by atoms with van der Waals surface area (Å²) in [6, 6.07) is 10.4. The highest BCUT2D eigenvalue weighted by Gasteiger charge is 2.16. The molecular formula is C18H15N5O5. The van der Waals surface area contributed by atoms with Crippen molar-refractivity contribution in [1.82, 2.24) is 9.78 Å². The summed E-state index contributed by atoms with van der Waals surface area (Å²) in [4.78, 5) is 37.2. The van der Waals surface area contributed by atoms with Gasteiger partial charge in [0.25, 0.3) is 16.9 Å². The Morgan fingerprint density at radius 2 is 1.68 bits per heavy atom. The van der Waals surface area contributed by atoms with Crippen molar-refractivity contribution in [3.05, 3.63) is 89.9 Å². The number of hydrogen-bond acceptors (Lipinski definition) is 6. The van der Waals surface area contributed by atoms with Gasteiger partial charge in [-0.05, 0) is 31.5 Å². The molecule has 28 heavy (non-hydrogen) atoms. The van der Waals surface area contributed by atoms with E-state index in [9.17, 15) is 25.0 Å². The molecule has 0 amide bonds. The fraction of sp³-hybridized carbons (Fsp3) is 0.111. The van der Waals surface area contributed by atoms with Gasteiger partial charge in [0.05, 0.1) is 32.9 Å². The number of hydrogen-bond donors (Lipinski definition) is 1. The van der Waals surface area contributed by atoms with Gasteiger partial charge < -0.3 is 0 Å². The molecule has 0 saturated heterocycles. The Kier molecular flexibility index (Phi) is 4.86. The zero-order valence-corrected chi connectivity index (χ0v) is 14.9. The monoisotopic (exact) mass is 381 g/mol. The normalized spacial score (nSPS) is 11.1. The summed E-state index contributed by atoms with van der Waals surface area (Å²) in [5.41, 5.74) is 1.16. The quantitative estimate of drug-likeness (QED) is 0.410. The molecule has 0 aliphatic rings. The van der Waals surface area contributed by atoms with Gasteiger partial charge >= 0.3 is 0 Å². The largest absolute Gasteiger partial charge is 0.295 e. The van der Waals surface area contributed by atoms with Gasteiger partial charge in [-0.2, -0.15) is 0 Å². The van der Waals surface area contributed by atoms with Crippen LogP contribution < -0.4 is 5.56 Å². The van der Waals surface area contributed by atoms with Crippen LogP contribution in [-0.4, -0.2) is 25.8 Å². The summed E-state index contributed by atoms with van der Waals surface area (Å²) in [5.74, 6) is 0. The van der Waals surface area contributed by atoms with Crippen molar-refractivity contribution in [3.63, 3.8) is 0 Å². The average molecular weight is 381 g/mol. The third kappa shape index (κ3) is 3.70. The van der Waals surface area contributed by atoms with E-state index in [0.29, 0.717) is 11.4 Å². The number of nitrogens with one attached hydrogen (secondary N) is 1. The maximum atomic E-state index is 12.7. The van der Waals surface area contributed by atoms with Crippen molar-refractivity contribution in [2.24, 2.45) is 4.99 Å². The van der Waals surface area contributed by atoms with Crippen molar-refractivity contribution >= 4 is 23.3 Å². The predicted molar refractivity (Wildman–Crippen MR) is 103 cm³/mol. The number of nitro groups is 2. The Hall–Kier alpha value is -4.08. The van der Waals surface area contributed by atoms with Gasteiger partial charge in [0, 0.05) is 24.0 Å². The Bertz CT molecular complexity index is 1140. The van der Waals surface area contributed by atoms with Gasteiger partial charge in [-0.25, -0.2) is 4.68 Å². The van der Waals surface area contributed by atoms with Crippen LogP contribution in [0.5, 0.6) is 0 Å². The Morgan fingerprint density at radius 3 is 2.25 bits per heavy atom. The van der Waals surface area contributed by atoms with E-state index in [0.717, 1.165) is 23.8 Å². The van der Waals surface area contributed by atoms with Crippen LogP contribution in [0.15, 0.2) is 52.3 Å². The molecule has 2 aromatic carbocycles. The van der Waals surface area contributed by atoms with Gasteiger partial charge in [0.2, 0.25) is 0 Å². The fourth-order valence-electron chi connectivity index (χ4n) is 2.66. The van der Waals surface area contributed by atoms with E-state index in [4.69, 9.17) is 0 Å². The summed E-state index contributed by atoms with van der Waals surface area (Å²) < 4.78 is 1.36. The molecule has 0 aliphatic carbocycles. The first kappa shape index (κ1) is 18.7. The molecule has 1 N–H and O–H groups in total. The first-order valence-electron chi connectivity index (χ1n) is 8.13. The highest BCUT2D eigenvalue weighted by Crippen LogP contribution is 2.27. The minimum atomic E-state index is -0.738. The van der Waals surface area contributed by atoms with E-state index in [-0.39, 0.29) is 16.8 Å². The Morgan fingerprint density at radius 1 is 1.04 bits per heavy atom. The topological polar surface area (TPSA) is 136 Å². The van der Waals surface area contributed by atoms with Crippen LogP contribution in [0.1, 0.15) is 16.8 Å². The lowest BCUT2D eigenvalue weighted by molar-refractivity contribution is -0.394. The molecule has 0 bridgehead atoms. The number of benzene rings is 2. The van der Waals surface area contributed by atoms with Gasteiger partial charge in [-0.3, -0.25) is 35.1 Å². The number of aromatic amines is 1. The zero-order chi connectivity index (χ0) is 20.4. The summed E-state index contributed by atoms with van der Waals surface area (Å²) in [6.45, 7) is 3.59. The van der Waals surface area contributed by atoms with Crippen molar-refractivity contribution in [3.8, 4) is 5.69 Å². The third-order valence-electron chi connectivity index (χ3n) is 4.03. The molecule has 0 spiro atoms. The van der Waals surface area contributed by atoms with Gasteiger partial charge in [0.1, 0.15) is 0 Å². The third-order valence-corrected chi connectivity index (χ3v) is 4.03. The van der Waals surface area contributed by atoms with Crippen LogP contribution in [0.25, 0.3) is 5.69 Å². The number of H-pyrrole nitrogens is 1. The number of aliphatic imine (C=N–C) groups is 1. The summed E-state index contributed by atoms with van der Waals surface area (Å²) in [6.07, 6.45) is 1.24. The van der Waals surface area contributed by atoms with Crippen molar-refractivity contribution in [2.45, 2.75) is 13.8 Å². The second-order valence-electron chi connectivity index (χ2n) is 6.11. The number of aryl methyl sites for hydroxylation is 2. The average Bonchev–Trinajstić information content (AvgIpc) is 2.93. The smallest absolute Gasteiger partial charge is 0.280 e. The molecule has 0 radical (unpaired) electrons. The van der Waals surface area contributed by atoms with Crippen LogP contribution in [0, 0.1) is 34.1 Å². The first-order valence-corrected chi connectivity index (χ1v) is 8.13. The van der Waals surface area contributed by atoms with E-state index in [2.05, 4.69) is 10.1 Å². The van der Waals surface area contributed by atoms with Gasteiger partial charge in [-0.15, -0.1) is 0 Å². The summed E-state index contributed by atoms with van der Waals surface area (Å²) in [5, 5.41) is 24.9. The molecule has 1 aromatic heterocycles. The number of non-ortho nitro benzene ring substituents is 2. The van der Waals surface area contributed by atoms with Crippen molar-refractivity contribution < 1.29 is 9.85 Å². The number of aromatic nitrogens is 2. The summed E-state index contributed by atoms with van der Waals surface area (Å²) >= 11 is 0. The lowest BCUT2D eigenvalue weighted by Crippen LogP contribution is -2.17. The van der Waals surface area contributed by atoms with Crippen LogP contribution >= 0.6 is 0 Å². The Labute approximate surface area is 158 Å². The van der Waals surface area contributed by atoms with E-state index >= 15 is 0 Å². The minimum Gasteiger partial charge on any atom is -0.295 e. The lowest BCUT2D eigenvalue weighted by Gasteiger charge is -2.02. The molecule has 10 heteroatoms. The SMILES string of the molecule is Cc1cccc(-n2[nH]c(C)c(C=Nc3cc([N+](=O)[O-])cc([N+](=O)[O-])c3)c2=O)c1. The second-order valence-corrected chi connectivity index (χ2v) is 6.11. The Balaban J connectivity index is 2.03. The van der Waals surface area contributed by atoms with Crippen LogP contribution in [0.4, 0.5) is 17.1 Å². The zero-order valence-electron chi connectivity index (χ0n) is 14.9. The van der Waals surface area contributed by atoms with E-state index in [1.165, 1.54) is 10.9 Å². The van der Waals surface area contributed by atoms with Crippen molar-refractivity contribution in [2.75, 3.05) is 0 Å². The molecule has 0 saturated carbocycles. The lowest BCUT2D eigenvalue weighted by atomic mass is 10.2. The molecule has 0 unspecified atom stereocenters. The van der Waals surface area contributed by atoms with Crippen LogP contribution in [0.3, 0.4) is 0 Å². The van der Waals surface area contributed by atoms with Gasteiger partial charge in [-0.1, -0.05) is 12.1 Å². The summed E-state index contributed by atoms with van der Waals surface area (Å²) in [7, 11) is 0. The second kappa shape index (κ2) is 7.27. The highest BCUT2D eigenvalue weighted by molar-refractivity contribution is 5.83. The molecular weight excluding hydrogens is 366 g/mol. The van der Waals surface area contributed by atoms with Crippen molar-refractivity contribution in [1.29, 1.82) is 0 Å². The number of nitro benzene ring substituents is 2. The maximum Gasteiger partial charge on any atom is 0.280 e. The molecule has 0 atom stereocenters. The predicted octanol–water partition coefficient (Wildman–Crippen LogP) is 3.35. The standard InChI is InChI=1S/C18H15N5O5/c1-11-4-3-5-14(6-11)21-18(24)17(12(2)20-21)10-19-13-7-15(22(25)26)9-16(8-13)23(27)28/h3-10,20H,1-2H3. The molecule has 142 valence electrons. The van der Waals surface area contributed by atoms with E-state index < -0.39 is 21.2 Å². The maximum absolute atomic E-state index is 12.7. The number of nitrogens with zero attached hydrogens (tertiary/aromatic N) is 4. The molecule has 3 rings (SSSR count).